The third-order valence-electron chi connectivity index (χ3n) is 2.00. The molecule has 0 aliphatic rings. The van der Waals surface area contributed by atoms with Crippen molar-refractivity contribution < 1.29 is 13.2 Å². The number of aromatic amines is 1. The van der Waals surface area contributed by atoms with Crippen molar-refractivity contribution in [3.05, 3.63) is 29.5 Å². The molecule has 2 rings (SSSR count). The van der Waals surface area contributed by atoms with Crippen molar-refractivity contribution >= 4 is 10.9 Å². The molecule has 3 nitrogen and oxygen atoms in total. The summed E-state index contributed by atoms with van der Waals surface area (Å²) in [5, 5.41) is 14.9. The maximum Gasteiger partial charge on any atom is 0.416 e. The predicted octanol–water partition coefficient (Wildman–Crippen LogP) is 2.45. The molecule has 1 N–H and O–H groups in total. The first kappa shape index (κ1) is 9.52. The van der Waals surface area contributed by atoms with Crippen LogP contribution >= 0.6 is 0 Å². The monoisotopic (exact) mass is 211 g/mol. The lowest BCUT2D eigenvalue weighted by atomic mass is 10.1. The molecule has 0 spiro atoms. The van der Waals surface area contributed by atoms with Gasteiger partial charge in [-0.25, -0.2) is 0 Å². The van der Waals surface area contributed by atoms with Crippen LogP contribution in [0.15, 0.2) is 18.2 Å². The van der Waals surface area contributed by atoms with Crippen LogP contribution in [0.25, 0.3) is 10.9 Å². The highest BCUT2D eigenvalue weighted by molar-refractivity contribution is 5.84. The first-order chi connectivity index (χ1) is 7.02. The van der Waals surface area contributed by atoms with Gasteiger partial charge >= 0.3 is 6.18 Å². The molecule has 1 aromatic heterocycles. The average Bonchev–Trinajstić information content (AvgIpc) is 2.57. The second kappa shape index (κ2) is 2.98. The minimum Gasteiger partial charge on any atom is -0.276 e. The number of hydrogen-bond donors (Lipinski definition) is 1. The number of nitrogens with one attached hydrogen (secondary N) is 1. The molecule has 6 heteroatoms. The van der Waals surface area contributed by atoms with E-state index in [4.69, 9.17) is 5.26 Å². The van der Waals surface area contributed by atoms with E-state index in [0.717, 1.165) is 12.1 Å². The maximum atomic E-state index is 12.3. The van der Waals surface area contributed by atoms with Gasteiger partial charge in [0.25, 0.3) is 0 Å². The van der Waals surface area contributed by atoms with Crippen LogP contribution in [0.3, 0.4) is 0 Å². The van der Waals surface area contributed by atoms with Crippen LogP contribution in [0, 0.1) is 11.3 Å². The minimum absolute atomic E-state index is 0.0314. The first-order valence-electron chi connectivity index (χ1n) is 3.98. The van der Waals surface area contributed by atoms with Crippen LogP contribution in [-0.2, 0) is 6.18 Å². The molecule has 1 heterocycles. The molecule has 0 saturated heterocycles. The van der Waals surface area contributed by atoms with Crippen LogP contribution in [0.5, 0.6) is 0 Å². The highest BCUT2D eigenvalue weighted by Crippen LogP contribution is 2.31. The molecule has 15 heavy (non-hydrogen) atoms. The molecular weight excluding hydrogens is 207 g/mol. The Bertz CT molecular complexity index is 548. The zero-order valence-corrected chi connectivity index (χ0v) is 7.26. The number of halogens is 3. The number of nitrogens with zero attached hydrogens (tertiary/aromatic N) is 2. The van der Waals surface area contributed by atoms with E-state index in [1.807, 2.05) is 0 Å². The maximum absolute atomic E-state index is 12.3. The minimum atomic E-state index is -4.40. The molecule has 0 atom stereocenters. The largest absolute Gasteiger partial charge is 0.416 e. The van der Waals surface area contributed by atoms with E-state index in [1.54, 1.807) is 6.07 Å². The molecule has 1 aromatic carbocycles. The van der Waals surface area contributed by atoms with Crippen LogP contribution in [0.4, 0.5) is 13.2 Å². The van der Waals surface area contributed by atoms with E-state index < -0.39 is 11.7 Å². The van der Waals surface area contributed by atoms with Crippen molar-refractivity contribution in [1.82, 2.24) is 10.2 Å². The second-order valence-electron chi connectivity index (χ2n) is 2.94. The normalized spacial score (nSPS) is 11.6. The summed E-state index contributed by atoms with van der Waals surface area (Å²) in [4.78, 5) is 0. The molecule has 76 valence electrons. The van der Waals surface area contributed by atoms with Gasteiger partial charge in [-0.1, -0.05) is 0 Å². The van der Waals surface area contributed by atoms with Gasteiger partial charge in [-0.2, -0.15) is 23.5 Å². The van der Waals surface area contributed by atoms with Gasteiger partial charge in [0.15, 0.2) is 5.69 Å². The van der Waals surface area contributed by atoms with Crippen molar-refractivity contribution in [2.75, 3.05) is 0 Å². The molecule has 0 amide bonds. The van der Waals surface area contributed by atoms with E-state index in [1.165, 1.54) is 6.07 Å². The number of fused-ring (bicyclic) bond motifs is 1. The summed E-state index contributed by atoms with van der Waals surface area (Å²) in [6.07, 6.45) is -4.40. The number of H-pyrrole nitrogens is 1. The molecule has 0 saturated carbocycles. The van der Waals surface area contributed by atoms with Crippen molar-refractivity contribution in [2.45, 2.75) is 6.18 Å². The number of benzene rings is 1. The Morgan fingerprint density at radius 1 is 1.33 bits per heavy atom. The Kier molecular flexibility index (Phi) is 1.89. The summed E-state index contributed by atoms with van der Waals surface area (Å²) in [5.74, 6) is 0. The van der Waals surface area contributed by atoms with Crippen LogP contribution < -0.4 is 0 Å². The lowest BCUT2D eigenvalue weighted by Crippen LogP contribution is -2.04. The number of hydrogen-bond acceptors (Lipinski definition) is 2. The van der Waals surface area contributed by atoms with Gasteiger partial charge in [-0.15, -0.1) is 0 Å². The summed E-state index contributed by atoms with van der Waals surface area (Å²) in [6, 6.07) is 4.84. The third kappa shape index (κ3) is 1.52. The van der Waals surface area contributed by atoms with Crippen molar-refractivity contribution in [1.29, 1.82) is 5.26 Å². The van der Waals surface area contributed by atoms with Crippen LogP contribution in [0.1, 0.15) is 11.3 Å². The lowest BCUT2D eigenvalue weighted by Gasteiger charge is -2.05. The average molecular weight is 211 g/mol. The highest BCUT2D eigenvalue weighted by Gasteiger charge is 2.30. The zero-order valence-electron chi connectivity index (χ0n) is 7.26. The second-order valence-corrected chi connectivity index (χ2v) is 2.94. The van der Waals surface area contributed by atoms with Crippen molar-refractivity contribution in [2.24, 2.45) is 0 Å². The summed E-state index contributed by atoms with van der Waals surface area (Å²) in [6.45, 7) is 0. The van der Waals surface area contributed by atoms with E-state index in [-0.39, 0.29) is 11.1 Å². The van der Waals surface area contributed by atoms with Crippen LogP contribution in [-0.4, -0.2) is 10.2 Å². The quantitative estimate of drug-likeness (QED) is 0.727. The number of nitriles is 1. The van der Waals surface area contributed by atoms with Crippen molar-refractivity contribution in [3.63, 3.8) is 0 Å². The molecule has 0 fully saturated rings. The molecule has 2 aromatic rings. The fourth-order valence-electron chi connectivity index (χ4n) is 1.28. The fraction of sp³-hybridized carbons (Fsp3) is 0.111. The van der Waals surface area contributed by atoms with E-state index >= 15 is 0 Å². The third-order valence-corrected chi connectivity index (χ3v) is 2.00. The molecular formula is C9H4F3N3. The zero-order chi connectivity index (χ0) is 11.1. The molecule has 0 aliphatic heterocycles. The van der Waals surface area contributed by atoms with Crippen molar-refractivity contribution in [3.8, 4) is 6.07 Å². The molecule has 0 bridgehead atoms. The topological polar surface area (TPSA) is 52.5 Å². The smallest absolute Gasteiger partial charge is 0.276 e. The number of alkyl halides is 3. The van der Waals surface area contributed by atoms with E-state index in [9.17, 15) is 13.2 Å². The highest BCUT2D eigenvalue weighted by atomic mass is 19.4. The Morgan fingerprint density at radius 2 is 2.07 bits per heavy atom. The van der Waals surface area contributed by atoms with Gasteiger partial charge in [0.2, 0.25) is 0 Å². The summed E-state index contributed by atoms with van der Waals surface area (Å²) < 4.78 is 37.0. The Hall–Kier alpha value is -2.03. The first-order valence-corrected chi connectivity index (χ1v) is 3.98. The molecule has 0 radical (unpaired) electrons. The van der Waals surface area contributed by atoms with Gasteiger partial charge in [0.1, 0.15) is 6.07 Å². The summed E-state index contributed by atoms with van der Waals surface area (Å²) in [5.41, 5.74) is -0.399. The fourth-order valence-corrected chi connectivity index (χ4v) is 1.28. The van der Waals surface area contributed by atoms with Gasteiger partial charge in [0.05, 0.1) is 11.1 Å². The van der Waals surface area contributed by atoms with Crippen LogP contribution in [0.2, 0.25) is 0 Å². The van der Waals surface area contributed by atoms with Gasteiger partial charge in [0, 0.05) is 5.39 Å². The standard InChI is InChI=1S/C9H4F3N3/c10-9(11,12)5-1-2-7-6(3-5)8(4-13)15-14-7/h1-3H,(H,14,15). The Labute approximate surface area is 82.1 Å². The summed E-state index contributed by atoms with van der Waals surface area (Å²) in [7, 11) is 0. The predicted molar refractivity (Wildman–Crippen MR) is 45.8 cm³/mol. The number of rotatable bonds is 0. The van der Waals surface area contributed by atoms with Gasteiger partial charge in [-0.3, -0.25) is 5.10 Å². The number of aromatic nitrogens is 2. The van der Waals surface area contributed by atoms with E-state index in [2.05, 4.69) is 10.2 Å². The summed E-state index contributed by atoms with van der Waals surface area (Å²) >= 11 is 0. The van der Waals surface area contributed by atoms with E-state index in [0.29, 0.717) is 5.52 Å². The Morgan fingerprint density at radius 3 is 2.67 bits per heavy atom. The van der Waals surface area contributed by atoms with Gasteiger partial charge in [-0.05, 0) is 18.2 Å². The Balaban J connectivity index is 2.69. The molecule has 0 unspecified atom stereocenters. The van der Waals surface area contributed by atoms with Gasteiger partial charge < -0.3 is 0 Å². The lowest BCUT2D eigenvalue weighted by molar-refractivity contribution is -0.137. The molecule has 0 aliphatic carbocycles. The SMILES string of the molecule is N#Cc1n[nH]c2ccc(C(F)(F)F)cc12.